The van der Waals surface area contributed by atoms with Gasteiger partial charge >= 0.3 is 0 Å². The third kappa shape index (κ3) is 3.21. The monoisotopic (exact) mass is 296 g/mol. The Kier molecular flexibility index (Phi) is 4.27. The third-order valence-electron chi connectivity index (χ3n) is 4.28. The molecule has 1 aliphatic heterocycles. The molecule has 1 aliphatic rings. The highest BCUT2D eigenvalue weighted by molar-refractivity contribution is 5.44. The zero-order chi connectivity index (χ0) is 15.5. The Morgan fingerprint density at radius 3 is 2.59 bits per heavy atom. The molecule has 22 heavy (non-hydrogen) atoms. The average molecular weight is 296 g/mol. The number of aromatic nitrogens is 2. The van der Waals surface area contributed by atoms with E-state index in [4.69, 9.17) is 4.98 Å². The summed E-state index contributed by atoms with van der Waals surface area (Å²) in [5.41, 5.74) is 1.43. The summed E-state index contributed by atoms with van der Waals surface area (Å²) in [4.78, 5) is 13.4. The van der Waals surface area contributed by atoms with Gasteiger partial charge in [0.2, 0.25) is 5.95 Å². The van der Waals surface area contributed by atoms with E-state index in [9.17, 15) is 0 Å². The number of hydrogen-bond donors (Lipinski definition) is 0. The van der Waals surface area contributed by atoms with Crippen molar-refractivity contribution in [1.82, 2.24) is 9.97 Å². The van der Waals surface area contributed by atoms with Crippen LogP contribution in [0, 0.1) is 5.92 Å². The third-order valence-corrected chi connectivity index (χ3v) is 4.28. The SMILES string of the molecule is CC1CC(c2ccccc2)CN(c2ccnc(N(C)C)n2)C1. The first-order valence-electron chi connectivity index (χ1n) is 7.93. The minimum atomic E-state index is 0.572. The zero-order valence-corrected chi connectivity index (χ0v) is 13.6. The molecule has 3 rings (SSSR count). The number of hydrogen-bond acceptors (Lipinski definition) is 4. The fourth-order valence-electron chi connectivity index (χ4n) is 3.24. The largest absolute Gasteiger partial charge is 0.356 e. The van der Waals surface area contributed by atoms with Crippen molar-refractivity contribution >= 4 is 11.8 Å². The maximum Gasteiger partial charge on any atom is 0.226 e. The first kappa shape index (κ1) is 14.8. The summed E-state index contributed by atoms with van der Waals surface area (Å²) < 4.78 is 0. The summed E-state index contributed by atoms with van der Waals surface area (Å²) in [6.45, 7) is 4.42. The molecule has 116 valence electrons. The smallest absolute Gasteiger partial charge is 0.226 e. The first-order valence-corrected chi connectivity index (χ1v) is 7.93. The minimum absolute atomic E-state index is 0.572. The van der Waals surface area contributed by atoms with Crippen molar-refractivity contribution in [3.63, 3.8) is 0 Å². The van der Waals surface area contributed by atoms with Gasteiger partial charge in [-0.2, -0.15) is 4.98 Å². The van der Waals surface area contributed by atoms with Crippen molar-refractivity contribution < 1.29 is 0 Å². The molecular formula is C18H24N4. The second kappa shape index (κ2) is 6.34. The summed E-state index contributed by atoms with van der Waals surface area (Å²) in [5.74, 6) is 3.04. The van der Waals surface area contributed by atoms with Crippen LogP contribution in [0.1, 0.15) is 24.8 Å². The summed E-state index contributed by atoms with van der Waals surface area (Å²) in [5, 5.41) is 0. The van der Waals surface area contributed by atoms with Crippen LogP contribution in [-0.2, 0) is 0 Å². The standard InChI is InChI=1S/C18H24N4/c1-14-11-16(15-7-5-4-6-8-15)13-22(12-14)17-9-10-19-18(20-17)21(2)3/h4-10,14,16H,11-13H2,1-3H3. The van der Waals surface area contributed by atoms with Gasteiger partial charge in [-0.3, -0.25) is 0 Å². The highest BCUT2D eigenvalue weighted by Crippen LogP contribution is 2.32. The molecule has 0 N–H and O–H groups in total. The molecule has 4 heteroatoms. The topological polar surface area (TPSA) is 32.3 Å². The molecule has 1 saturated heterocycles. The van der Waals surface area contributed by atoms with Crippen LogP contribution in [0.25, 0.3) is 0 Å². The van der Waals surface area contributed by atoms with Crippen LogP contribution in [0.3, 0.4) is 0 Å². The number of piperidine rings is 1. The van der Waals surface area contributed by atoms with Crippen LogP contribution in [0.4, 0.5) is 11.8 Å². The Balaban J connectivity index is 1.83. The predicted molar refractivity (Wildman–Crippen MR) is 91.5 cm³/mol. The summed E-state index contributed by atoms with van der Waals surface area (Å²) >= 11 is 0. The van der Waals surface area contributed by atoms with Gasteiger partial charge in [0.15, 0.2) is 0 Å². The molecule has 0 spiro atoms. The van der Waals surface area contributed by atoms with E-state index in [0.29, 0.717) is 11.8 Å². The van der Waals surface area contributed by atoms with Gasteiger partial charge in [-0.25, -0.2) is 4.98 Å². The van der Waals surface area contributed by atoms with Crippen LogP contribution in [0.15, 0.2) is 42.6 Å². The van der Waals surface area contributed by atoms with E-state index in [0.717, 1.165) is 24.9 Å². The van der Waals surface area contributed by atoms with E-state index >= 15 is 0 Å². The van der Waals surface area contributed by atoms with Crippen LogP contribution >= 0.6 is 0 Å². The lowest BCUT2D eigenvalue weighted by Crippen LogP contribution is -2.39. The Morgan fingerprint density at radius 1 is 1.09 bits per heavy atom. The Bertz CT molecular complexity index is 611. The van der Waals surface area contributed by atoms with E-state index in [1.807, 2.05) is 31.3 Å². The van der Waals surface area contributed by atoms with Gasteiger partial charge in [0.1, 0.15) is 5.82 Å². The average Bonchev–Trinajstić information content (AvgIpc) is 2.55. The van der Waals surface area contributed by atoms with Crippen molar-refractivity contribution in [1.29, 1.82) is 0 Å². The van der Waals surface area contributed by atoms with Crippen LogP contribution < -0.4 is 9.80 Å². The fourth-order valence-corrected chi connectivity index (χ4v) is 3.24. The minimum Gasteiger partial charge on any atom is -0.356 e. The maximum absolute atomic E-state index is 4.70. The molecule has 0 aliphatic carbocycles. The number of benzene rings is 1. The first-order chi connectivity index (χ1) is 10.6. The van der Waals surface area contributed by atoms with Crippen LogP contribution in [-0.4, -0.2) is 37.2 Å². The molecule has 1 aromatic carbocycles. The lowest BCUT2D eigenvalue weighted by Gasteiger charge is -2.37. The van der Waals surface area contributed by atoms with Gasteiger partial charge in [-0.1, -0.05) is 37.3 Å². The molecule has 0 radical (unpaired) electrons. The van der Waals surface area contributed by atoms with Gasteiger partial charge < -0.3 is 9.80 Å². The van der Waals surface area contributed by atoms with Gasteiger partial charge in [0.25, 0.3) is 0 Å². The zero-order valence-electron chi connectivity index (χ0n) is 13.6. The molecule has 2 unspecified atom stereocenters. The van der Waals surface area contributed by atoms with E-state index in [1.165, 1.54) is 12.0 Å². The summed E-state index contributed by atoms with van der Waals surface area (Å²) in [6, 6.07) is 12.9. The Morgan fingerprint density at radius 2 is 1.86 bits per heavy atom. The van der Waals surface area contributed by atoms with E-state index in [2.05, 4.69) is 47.1 Å². The lowest BCUT2D eigenvalue weighted by molar-refractivity contribution is 0.400. The van der Waals surface area contributed by atoms with E-state index in [-0.39, 0.29) is 0 Å². The van der Waals surface area contributed by atoms with E-state index < -0.39 is 0 Å². The number of anilines is 2. The van der Waals surface area contributed by atoms with Crippen molar-refractivity contribution in [3.05, 3.63) is 48.2 Å². The second-order valence-electron chi connectivity index (χ2n) is 6.46. The van der Waals surface area contributed by atoms with E-state index in [1.54, 1.807) is 0 Å². The highest BCUT2D eigenvalue weighted by atomic mass is 15.3. The molecule has 0 saturated carbocycles. The van der Waals surface area contributed by atoms with Crippen LogP contribution in [0.5, 0.6) is 0 Å². The molecule has 0 bridgehead atoms. The summed E-state index contributed by atoms with van der Waals surface area (Å²) in [6.07, 6.45) is 3.10. The Hall–Kier alpha value is -2.10. The highest BCUT2D eigenvalue weighted by Gasteiger charge is 2.26. The van der Waals surface area contributed by atoms with Crippen LogP contribution in [0.2, 0.25) is 0 Å². The lowest BCUT2D eigenvalue weighted by atomic mass is 9.85. The van der Waals surface area contributed by atoms with Gasteiger partial charge in [0, 0.05) is 39.3 Å². The number of rotatable bonds is 3. The fraction of sp³-hybridized carbons (Fsp3) is 0.444. The molecule has 1 fully saturated rings. The predicted octanol–water partition coefficient (Wildman–Crippen LogP) is 3.17. The molecule has 4 nitrogen and oxygen atoms in total. The van der Waals surface area contributed by atoms with Crippen molar-refractivity contribution in [2.45, 2.75) is 19.3 Å². The molecule has 2 aromatic rings. The maximum atomic E-state index is 4.70. The normalized spacial score (nSPS) is 21.7. The summed E-state index contributed by atoms with van der Waals surface area (Å²) in [7, 11) is 3.95. The molecular weight excluding hydrogens is 272 g/mol. The van der Waals surface area contributed by atoms with Crippen molar-refractivity contribution in [2.24, 2.45) is 5.92 Å². The van der Waals surface area contributed by atoms with Gasteiger partial charge in [-0.15, -0.1) is 0 Å². The molecule has 0 amide bonds. The molecule has 1 aromatic heterocycles. The van der Waals surface area contributed by atoms with Gasteiger partial charge in [-0.05, 0) is 24.0 Å². The van der Waals surface area contributed by atoms with Crippen molar-refractivity contribution in [2.75, 3.05) is 37.0 Å². The quantitative estimate of drug-likeness (QED) is 0.871. The second-order valence-corrected chi connectivity index (χ2v) is 6.46. The Labute approximate surface area is 132 Å². The molecule has 2 heterocycles. The van der Waals surface area contributed by atoms with Crippen molar-refractivity contribution in [3.8, 4) is 0 Å². The molecule has 2 atom stereocenters. The van der Waals surface area contributed by atoms with Gasteiger partial charge in [0.05, 0.1) is 0 Å². The number of nitrogens with zero attached hydrogens (tertiary/aromatic N) is 4.